The van der Waals surface area contributed by atoms with E-state index in [1.54, 1.807) is 6.07 Å². The molecule has 1 saturated carbocycles. The predicted molar refractivity (Wildman–Crippen MR) is 54.6 cm³/mol. The maximum absolute atomic E-state index is 9.76. The average Bonchev–Trinajstić information content (AvgIpc) is 2.56. The number of aromatic nitrogens is 2. The van der Waals surface area contributed by atoms with Crippen LogP contribution in [0.5, 0.6) is 0 Å². The Bertz CT molecular complexity index is 297. The highest BCUT2D eigenvalue weighted by atomic mass is 16.3. The van der Waals surface area contributed by atoms with Crippen molar-refractivity contribution in [3.8, 4) is 0 Å². The fourth-order valence-electron chi connectivity index (χ4n) is 2.12. The molecule has 0 amide bonds. The van der Waals surface area contributed by atoms with Gasteiger partial charge in [-0.1, -0.05) is 12.8 Å². The van der Waals surface area contributed by atoms with Crippen molar-refractivity contribution in [1.82, 2.24) is 9.78 Å². The van der Waals surface area contributed by atoms with Crippen molar-refractivity contribution >= 4 is 5.82 Å². The standard InChI is InChI=1S/C10H17N3O/c11-10-5-6-13(12-10)7-8-3-1-2-4-9(8)14/h5-6,8-9,14H,1-4,7H2,(H2,11,12). The third-order valence-electron chi connectivity index (χ3n) is 2.95. The summed E-state index contributed by atoms with van der Waals surface area (Å²) in [6.45, 7) is 0.790. The first-order chi connectivity index (χ1) is 6.75. The molecule has 1 fully saturated rings. The Morgan fingerprint density at radius 3 is 2.93 bits per heavy atom. The van der Waals surface area contributed by atoms with Gasteiger partial charge in [0.1, 0.15) is 5.82 Å². The summed E-state index contributed by atoms with van der Waals surface area (Å²) in [6, 6.07) is 1.79. The average molecular weight is 195 g/mol. The normalized spacial score (nSPS) is 27.8. The minimum absolute atomic E-state index is 0.158. The summed E-state index contributed by atoms with van der Waals surface area (Å²) in [5.41, 5.74) is 5.52. The van der Waals surface area contributed by atoms with E-state index in [-0.39, 0.29) is 6.10 Å². The minimum atomic E-state index is -0.158. The summed E-state index contributed by atoms with van der Waals surface area (Å²) >= 11 is 0. The Kier molecular flexibility index (Phi) is 2.72. The van der Waals surface area contributed by atoms with Gasteiger partial charge in [-0.05, 0) is 18.9 Å². The van der Waals surface area contributed by atoms with Crippen LogP contribution in [0.25, 0.3) is 0 Å². The highest BCUT2D eigenvalue weighted by Crippen LogP contribution is 2.25. The smallest absolute Gasteiger partial charge is 0.145 e. The van der Waals surface area contributed by atoms with Crippen molar-refractivity contribution in [2.45, 2.75) is 38.3 Å². The summed E-state index contributed by atoms with van der Waals surface area (Å²) in [7, 11) is 0. The largest absolute Gasteiger partial charge is 0.393 e. The quantitative estimate of drug-likeness (QED) is 0.740. The van der Waals surface area contributed by atoms with Crippen LogP contribution in [-0.4, -0.2) is 21.0 Å². The van der Waals surface area contributed by atoms with E-state index in [0.717, 1.165) is 25.8 Å². The third-order valence-corrected chi connectivity index (χ3v) is 2.95. The van der Waals surface area contributed by atoms with Crippen LogP contribution in [0.15, 0.2) is 12.3 Å². The molecule has 0 bridgehead atoms. The van der Waals surface area contributed by atoms with Crippen LogP contribution in [0.3, 0.4) is 0 Å². The molecule has 1 aromatic rings. The number of anilines is 1. The molecule has 4 nitrogen and oxygen atoms in total. The van der Waals surface area contributed by atoms with Gasteiger partial charge in [-0.25, -0.2) is 0 Å². The van der Waals surface area contributed by atoms with Gasteiger partial charge in [0.15, 0.2) is 0 Å². The molecular formula is C10H17N3O. The zero-order valence-corrected chi connectivity index (χ0v) is 8.26. The number of rotatable bonds is 2. The predicted octanol–water partition coefficient (Wildman–Crippen LogP) is 1.02. The molecule has 2 rings (SSSR count). The summed E-state index contributed by atoms with van der Waals surface area (Å²) in [4.78, 5) is 0. The van der Waals surface area contributed by atoms with Crippen LogP contribution in [0.4, 0.5) is 5.82 Å². The van der Waals surface area contributed by atoms with Crippen molar-refractivity contribution < 1.29 is 5.11 Å². The van der Waals surface area contributed by atoms with Crippen molar-refractivity contribution in [2.75, 3.05) is 5.73 Å². The minimum Gasteiger partial charge on any atom is -0.393 e. The molecule has 0 spiro atoms. The monoisotopic (exact) mass is 195 g/mol. The number of aliphatic hydroxyl groups excluding tert-OH is 1. The van der Waals surface area contributed by atoms with Gasteiger partial charge < -0.3 is 10.8 Å². The van der Waals surface area contributed by atoms with E-state index in [4.69, 9.17) is 5.73 Å². The second kappa shape index (κ2) is 4.00. The molecular weight excluding hydrogens is 178 g/mol. The topological polar surface area (TPSA) is 64.1 Å². The molecule has 2 unspecified atom stereocenters. The van der Waals surface area contributed by atoms with Crippen molar-refractivity contribution in [3.05, 3.63) is 12.3 Å². The first-order valence-corrected chi connectivity index (χ1v) is 5.22. The van der Waals surface area contributed by atoms with Gasteiger partial charge in [-0.15, -0.1) is 0 Å². The summed E-state index contributed by atoms with van der Waals surface area (Å²) in [5, 5.41) is 13.9. The van der Waals surface area contributed by atoms with E-state index in [1.807, 2.05) is 10.9 Å². The Morgan fingerprint density at radius 1 is 1.50 bits per heavy atom. The fourth-order valence-corrected chi connectivity index (χ4v) is 2.12. The lowest BCUT2D eigenvalue weighted by Gasteiger charge is -2.27. The number of nitrogens with zero attached hydrogens (tertiary/aromatic N) is 2. The van der Waals surface area contributed by atoms with E-state index >= 15 is 0 Å². The Morgan fingerprint density at radius 2 is 2.29 bits per heavy atom. The fraction of sp³-hybridized carbons (Fsp3) is 0.700. The SMILES string of the molecule is Nc1ccn(CC2CCCCC2O)n1. The second-order valence-electron chi connectivity index (χ2n) is 4.07. The van der Waals surface area contributed by atoms with Gasteiger partial charge in [0.2, 0.25) is 0 Å². The van der Waals surface area contributed by atoms with Crippen LogP contribution in [0.1, 0.15) is 25.7 Å². The number of hydrogen-bond donors (Lipinski definition) is 2. The molecule has 0 aliphatic heterocycles. The molecule has 4 heteroatoms. The zero-order chi connectivity index (χ0) is 9.97. The van der Waals surface area contributed by atoms with Gasteiger partial charge in [0.05, 0.1) is 6.10 Å². The van der Waals surface area contributed by atoms with Crippen LogP contribution in [0, 0.1) is 5.92 Å². The van der Waals surface area contributed by atoms with Crippen molar-refractivity contribution in [1.29, 1.82) is 0 Å². The van der Waals surface area contributed by atoms with Gasteiger partial charge in [-0.2, -0.15) is 5.10 Å². The maximum atomic E-state index is 9.76. The lowest BCUT2D eigenvalue weighted by molar-refractivity contribution is 0.0587. The second-order valence-corrected chi connectivity index (χ2v) is 4.07. The van der Waals surface area contributed by atoms with Gasteiger partial charge >= 0.3 is 0 Å². The molecule has 0 aromatic carbocycles. The van der Waals surface area contributed by atoms with Crippen molar-refractivity contribution in [2.24, 2.45) is 5.92 Å². The van der Waals surface area contributed by atoms with E-state index < -0.39 is 0 Å². The highest BCUT2D eigenvalue weighted by molar-refractivity contribution is 5.23. The summed E-state index contributed by atoms with van der Waals surface area (Å²) < 4.78 is 1.83. The van der Waals surface area contributed by atoms with Crippen molar-refractivity contribution in [3.63, 3.8) is 0 Å². The lowest BCUT2D eigenvalue weighted by Crippen LogP contribution is -2.28. The number of nitrogens with two attached hydrogens (primary N) is 1. The van der Waals surface area contributed by atoms with E-state index in [1.165, 1.54) is 6.42 Å². The lowest BCUT2D eigenvalue weighted by atomic mass is 9.86. The van der Waals surface area contributed by atoms with E-state index in [0.29, 0.717) is 11.7 Å². The highest BCUT2D eigenvalue weighted by Gasteiger charge is 2.23. The Labute approximate surface area is 83.7 Å². The molecule has 3 N–H and O–H groups in total. The van der Waals surface area contributed by atoms with E-state index in [2.05, 4.69) is 5.10 Å². The van der Waals surface area contributed by atoms with E-state index in [9.17, 15) is 5.11 Å². The first-order valence-electron chi connectivity index (χ1n) is 5.22. The van der Waals surface area contributed by atoms with Gasteiger partial charge in [0, 0.05) is 18.7 Å². The molecule has 1 aliphatic carbocycles. The number of nitrogen functional groups attached to an aromatic ring is 1. The molecule has 0 radical (unpaired) electrons. The molecule has 1 heterocycles. The number of aliphatic hydroxyl groups is 1. The summed E-state index contributed by atoms with van der Waals surface area (Å²) in [5.74, 6) is 0.901. The van der Waals surface area contributed by atoms with Crippen LogP contribution in [0.2, 0.25) is 0 Å². The Hall–Kier alpha value is -1.03. The van der Waals surface area contributed by atoms with Crippen LogP contribution < -0.4 is 5.73 Å². The molecule has 14 heavy (non-hydrogen) atoms. The van der Waals surface area contributed by atoms with Crippen LogP contribution in [-0.2, 0) is 6.54 Å². The molecule has 2 atom stereocenters. The molecule has 1 aromatic heterocycles. The Balaban J connectivity index is 1.95. The molecule has 0 saturated heterocycles. The zero-order valence-electron chi connectivity index (χ0n) is 8.26. The maximum Gasteiger partial charge on any atom is 0.145 e. The van der Waals surface area contributed by atoms with Crippen LogP contribution >= 0.6 is 0 Å². The third kappa shape index (κ3) is 2.07. The van der Waals surface area contributed by atoms with Gasteiger partial charge in [0.25, 0.3) is 0 Å². The summed E-state index contributed by atoms with van der Waals surface area (Å²) in [6.07, 6.45) is 6.12. The van der Waals surface area contributed by atoms with Gasteiger partial charge in [-0.3, -0.25) is 4.68 Å². The molecule has 1 aliphatic rings. The number of hydrogen-bond acceptors (Lipinski definition) is 3. The molecule has 78 valence electrons. The first kappa shape index (κ1) is 9.52.